The van der Waals surface area contributed by atoms with Crippen LogP contribution in [0.1, 0.15) is 168 Å². The summed E-state index contributed by atoms with van der Waals surface area (Å²) in [4.78, 5) is 0. The molecule has 0 radical (unpaired) electrons. The van der Waals surface area contributed by atoms with Crippen molar-refractivity contribution in [2.24, 2.45) is 0 Å². The van der Waals surface area contributed by atoms with Gasteiger partial charge in [0.2, 0.25) is 0 Å². The molecule has 0 atom stereocenters. The third-order valence-corrected chi connectivity index (χ3v) is 7.47. The molecule has 0 aliphatic carbocycles. The molecule has 0 unspecified atom stereocenters. The molecule has 0 fully saturated rings. The van der Waals surface area contributed by atoms with Crippen molar-refractivity contribution in [3.8, 4) is 0 Å². The molecule has 0 aromatic rings. The van der Waals surface area contributed by atoms with Gasteiger partial charge in [-0.1, -0.05) is 140 Å². The molecule has 0 saturated carbocycles. The average Bonchev–Trinajstić information content (AvgIpc) is 2.97. The molecule has 40 heavy (non-hydrogen) atoms. The van der Waals surface area contributed by atoms with Crippen LogP contribution >= 0.6 is 0 Å². The van der Waals surface area contributed by atoms with Crippen LogP contribution in [-0.2, 0) is 4.74 Å². The third-order valence-electron chi connectivity index (χ3n) is 7.47. The Morgan fingerprint density at radius 3 is 1.25 bits per heavy atom. The Morgan fingerprint density at radius 1 is 0.375 bits per heavy atom. The molecule has 0 amide bonds. The van der Waals surface area contributed by atoms with Gasteiger partial charge in [0, 0.05) is 13.2 Å². The minimum Gasteiger partial charge on any atom is -0.380 e. The van der Waals surface area contributed by atoms with E-state index in [2.05, 4.69) is 67.8 Å². The van der Waals surface area contributed by atoms with E-state index in [0.29, 0.717) is 0 Å². The van der Waals surface area contributed by atoms with Gasteiger partial charge in [0.05, 0.1) is 6.61 Å². The maximum absolute atomic E-state index is 5.80. The predicted octanol–water partition coefficient (Wildman–Crippen LogP) is 12.2. The first kappa shape index (κ1) is 38.9. The average molecular weight is 558 g/mol. The summed E-state index contributed by atoms with van der Waals surface area (Å²) in [7, 11) is 0. The minimum absolute atomic E-state index is 0.864. The number of ether oxygens (including phenoxy) is 1. The Hall–Kier alpha value is -1.12. The van der Waals surface area contributed by atoms with Gasteiger partial charge in [-0.05, 0) is 83.6 Å². The minimum atomic E-state index is 0.864. The molecular formula is C38H71NO. The van der Waals surface area contributed by atoms with E-state index < -0.39 is 0 Å². The van der Waals surface area contributed by atoms with Gasteiger partial charge in [0.25, 0.3) is 0 Å². The standard InChI is InChI=1S/C38H71NO/c1-3-5-7-9-11-13-15-17-19-21-23-25-27-29-31-33-35-39-36-38-40-37-34-32-30-28-26-24-22-20-18-16-14-12-10-8-6-4-2/h11-14,17-20,39H,3-10,15-16,21-38H2,1-2H3/b13-11?,14-12-,19-17?,20-18-. The zero-order chi connectivity index (χ0) is 28.9. The lowest BCUT2D eigenvalue weighted by Gasteiger charge is -2.06. The first-order chi connectivity index (χ1) is 19.9. The number of rotatable bonds is 33. The molecule has 0 aromatic heterocycles. The van der Waals surface area contributed by atoms with E-state index in [0.717, 1.165) is 39.1 Å². The van der Waals surface area contributed by atoms with Crippen LogP contribution in [0.5, 0.6) is 0 Å². The SMILES string of the molecule is CCCCCC=CCC=CCCCCCCCCNCCOCCCCCCCC/C=C\C/C=C\CCCCC. The van der Waals surface area contributed by atoms with Gasteiger partial charge < -0.3 is 10.1 Å². The van der Waals surface area contributed by atoms with E-state index in [9.17, 15) is 0 Å². The first-order valence-corrected chi connectivity index (χ1v) is 17.8. The lowest BCUT2D eigenvalue weighted by Crippen LogP contribution is -2.21. The van der Waals surface area contributed by atoms with Gasteiger partial charge in [-0.25, -0.2) is 0 Å². The second-order valence-electron chi connectivity index (χ2n) is 11.5. The van der Waals surface area contributed by atoms with Crippen LogP contribution in [0.25, 0.3) is 0 Å². The molecule has 0 spiro atoms. The molecule has 234 valence electrons. The Bertz CT molecular complexity index is 512. The van der Waals surface area contributed by atoms with Crippen LogP contribution in [0.4, 0.5) is 0 Å². The number of unbranched alkanes of at least 4 members (excludes halogenated alkanes) is 18. The maximum Gasteiger partial charge on any atom is 0.0590 e. The molecule has 0 aliphatic heterocycles. The van der Waals surface area contributed by atoms with Crippen LogP contribution in [0.3, 0.4) is 0 Å². The highest BCUT2D eigenvalue weighted by Crippen LogP contribution is 2.09. The van der Waals surface area contributed by atoms with E-state index >= 15 is 0 Å². The summed E-state index contributed by atoms with van der Waals surface area (Å²) >= 11 is 0. The first-order valence-electron chi connectivity index (χ1n) is 17.8. The summed E-state index contributed by atoms with van der Waals surface area (Å²) in [5.74, 6) is 0. The van der Waals surface area contributed by atoms with Crippen LogP contribution < -0.4 is 5.32 Å². The van der Waals surface area contributed by atoms with Crippen LogP contribution in [0.2, 0.25) is 0 Å². The predicted molar refractivity (Wildman–Crippen MR) is 182 cm³/mol. The van der Waals surface area contributed by atoms with Gasteiger partial charge in [-0.3, -0.25) is 0 Å². The van der Waals surface area contributed by atoms with Crippen LogP contribution in [0.15, 0.2) is 48.6 Å². The highest BCUT2D eigenvalue weighted by molar-refractivity contribution is 4.93. The van der Waals surface area contributed by atoms with Gasteiger partial charge >= 0.3 is 0 Å². The Morgan fingerprint density at radius 2 is 0.775 bits per heavy atom. The van der Waals surface area contributed by atoms with Crippen molar-refractivity contribution in [3.05, 3.63) is 48.6 Å². The number of allylic oxidation sites excluding steroid dienone is 8. The zero-order valence-corrected chi connectivity index (χ0v) is 27.3. The Labute approximate surface area is 252 Å². The second-order valence-corrected chi connectivity index (χ2v) is 11.5. The lowest BCUT2D eigenvalue weighted by molar-refractivity contribution is 0.131. The van der Waals surface area contributed by atoms with E-state index in [1.54, 1.807) is 0 Å². The lowest BCUT2D eigenvalue weighted by atomic mass is 10.1. The highest BCUT2D eigenvalue weighted by Gasteiger charge is 1.94. The quantitative estimate of drug-likeness (QED) is 0.0640. The maximum atomic E-state index is 5.80. The molecule has 0 heterocycles. The largest absolute Gasteiger partial charge is 0.380 e. The smallest absolute Gasteiger partial charge is 0.0590 e. The Balaban J connectivity index is 3.14. The summed E-state index contributed by atoms with van der Waals surface area (Å²) in [6.45, 7) is 8.47. The van der Waals surface area contributed by atoms with E-state index in [4.69, 9.17) is 4.74 Å². The van der Waals surface area contributed by atoms with Crippen molar-refractivity contribution < 1.29 is 4.74 Å². The fourth-order valence-electron chi connectivity index (χ4n) is 4.80. The summed E-state index contributed by atoms with van der Waals surface area (Å²) in [5.41, 5.74) is 0. The molecule has 2 nitrogen and oxygen atoms in total. The molecule has 1 N–H and O–H groups in total. The fraction of sp³-hybridized carbons (Fsp3) is 0.789. The summed E-state index contributed by atoms with van der Waals surface area (Å²) in [6, 6.07) is 0. The Kier molecular flexibility index (Phi) is 36.8. The van der Waals surface area contributed by atoms with Gasteiger partial charge in [0.1, 0.15) is 0 Å². The third kappa shape index (κ3) is 36.9. The van der Waals surface area contributed by atoms with Crippen LogP contribution in [-0.4, -0.2) is 26.3 Å². The van der Waals surface area contributed by atoms with Crippen molar-refractivity contribution in [1.29, 1.82) is 0 Å². The van der Waals surface area contributed by atoms with Crippen LogP contribution in [0, 0.1) is 0 Å². The molecule has 0 saturated heterocycles. The molecule has 2 heteroatoms. The number of hydrogen-bond acceptors (Lipinski definition) is 2. The zero-order valence-electron chi connectivity index (χ0n) is 27.3. The summed E-state index contributed by atoms with van der Waals surface area (Å²) in [5, 5.41) is 3.54. The molecule has 0 bridgehead atoms. The topological polar surface area (TPSA) is 21.3 Å². The molecule has 0 aliphatic rings. The normalized spacial score (nSPS) is 12.3. The number of hydrogen-bond donors (Lipinski definition) is 1. The fourth-order valence-corrected chi connectivity index (χ4v) is 4.80. The molecular weight excluding hydrogens is 486 g/mol. The van der Waals surface area contributed by atoms with E-state index in [1.165, 1.54) is 141 Å². The molecule has 0 rings (SSSR count). The van der Waals surface area contributed by atoms with Crippen molar-refractivity contribution in [2.45, 2.75) is 168 Å². The van der Waals surface area contributed by atoms with Gasteiger partial charge in [-0.2, -0.15) is 0 Å². The van der Waals surface area contributed by atoms with E-state index in [-0.39, 0.29) is 0 Å². The highest BCUT2D eigenvalue weighted by atomic mass is 16.5. The van der Waals surface area contributed by atoms with Gasteiger partial charge in [-0.15, -0.1) is 0 Å². The van der Waals surface area contributed by atoms with Crippen molar-refractivity contribution in [2.75, 3.05) is 26.3 Å². The monoisotopic (exact) mass is 558 g/mol. The molecule has 0 aromatic carbocycles. The van der Waals surface area contributed by atoms with Gasteiger partial charge in [0.15, 0.2) is 0 Å². The summed E-state index contributed by atoms with van der Waals surface area (Å²) in [6.07, 6.45) is 50.2. The van der Waals surface area contributed by atoms with Crippen molar-refractivity contribution in [1.82, 2.24) is 5.32 Å². The second kappa shape index (κ2) is 37.9. The van der Waals surface area contributed by atoms with E-state index in [1.807, 2.05) is 0 Å². The number of nitrogens with one attached hydrogen (secondary N) is 1. The van der Waals surface area contributed by atoms with Crippen molar-refractivity contribution in [3.63, 3.8) is 0 Å². The summed E-state index contributed by atoms with van der Waals surface area (Å²) < 4.78 is 5.80. The van der Waals surface area contributed by atoms with Crippen molar-refractivity contribution >= 4 is 0 Å².